The summed E-state index contributed by atoms with van der Waals surface area (Å²) in [7, 11) is 0. The zero-order valence-electron chi connectivity index (χ0n) is 11.0. The number of alkyl halides is 3. The van der Waals surface area contributed by atoms with Gasteiger partial charge in [-0.15, -0.1) is 0 Å². The summed E-state index contributed by atoms with van der Waals surface area (Å²) >= 11 is 0. The Labute approximate surface area is 111 Å². The molecule has 1 aliphatic carbocycles. The van der Waals surface area contributed by atoms with E-state index in [1.807, 2.05) is 0 Å². The van der Waals surface area contributed by atoms with Gasteiger partial charge in [-0.05, 0) is 24.7 Å². The van der Waals surface area contributed by atoms with E-state index >= 15 is 0 Å². The van der Waals surface area contributed by atoms with E-state index in [0.717, 1.165) is 30.6 Å². The number of rotatable bonds is 4. The van der Waals surface area contributed by atoms with Gasteiger partial charge in [0, 0.05) is 6.54 Å². The summed E-state index contributed by atoms with van der Waals surface area (Å²) in [5.74, 6) is 0.0155. The highest BCUT2D eigenvalue weighted by molar-refractivity contribution is 5.78. The van der Waals surface area contributed by atoms with Crippen molar-refractivity contribution in [3.8, 4) is 6.07 Å². The second-order valence-electron chi connectivity index (χ2n) is 5.35. The number of carbonyl (C=O) groups is 1. The molecule has 1 aliphatic rings. The Morgan fingerprint density at radius 3 is 2.37 bits per heavy atom. The van der Waals surface area contributed by atoms with Crippen LogP contribution in [0.15, 0.2) is 0 Å². The number of nitrogens with zero attached hydrogens (tertiary/aromatic N) is 2. The second-order valence-corrected chi connectivity index (χ2v) is 5.35. The van der Waals surface area contributed by atoms with E-state index in [2.05, 4.69) is 6.92 Å². The van der Waals surface area contributed by atoms with E-state index in [9.17, 15) is 18.0 Å². The molecule has 0 atom stereocenters. The first-order valence-electron chi connectivity index (χ1n) is 6.53. The van der Waals surface area contributed by atoms with Gasteiger partial charge in [0.25, 0.3) is 0 Å². The van der Waals surface area contributed by atoms with Gasteiger partial charge in [0.1, 0.15) is 13.0 Å². The quantitative estimate of drug-likeness (QED) is 0.792. The van der Waals surface area contributed by atoms with Crippen molar-refractivity contribution in [2.24, 2.45) is 11.8 Å². The highest BCUT2D eigenvalue weighted by Crippen LogP contribution is 2.29. The lowest BCUT2D eigenvalue weighted by molar-refractivity contribution is -0.162. The fourth-order valence-electron chi connectivity index (χ4n) is 2.47. The molecule has 0 aromatic carbocycles. The zero-order chi connectivity index (χ0) is 14.5. The van der Waals surface area contributed by atoms with Crippen molar-refractivity contribution < 1.29 is 18.0 Å². The Morgan fingerprint density at radius 1 is 1.32 bits per heavy atom. The van der Waals surface area contributed by atoms with E-state index in [4.69, 9.17) is 5.26 Å². The summed E-state index contributed by atoms with van der Waals surface area (Å²) in [6.45, 7) is 0.997. The van der Waals surface area contributed by atoms with Crippen LogP contribution in [-0.4, -0.2) is 30.1 Å². The molecule has 1 amide bonds. The van der Waals surface area contributed by atoms with Crippen LogP contribution >= 0.6 is 0 Å². The van der Waals surface area contributed by atoms with Crippen LogP contribution in [0.2, 0.25) is 0 Å². The summed E-state index contributed by atoms with van der Waals surface area (Å²) in [4.78, 5) is 12.4. The Kier molecular flexibility index (Phi) is 5.64. The molecule has 0 N–H and O–H groups in total. The van der Waals surface area contributed by atoms with Crippen molar-refractivity contribution in [1.82, 2.24) is 4.90 Å². The van der Waals surface area contributed by atoms with Crippen LogP contribution in [0.25, 0.3) is 0 Å². The number of hydrogen-bond donors (Lipinski definition) is 0. The summed E-state index contributed by atoms with van der Waals surface area (Å²) in [5, 5.41) is 8.45. The first-order valence-corrected chi connectivity index (χ1v) is 6.53. The molecule has 1 rings (SSSR count). The lowest BCUT2D eigenvalue weighted by Crippen LogP contribution is -2.42. The van der Waals surface area contributed by atoms with E-state index in [-0.39, 0.29) is 12.5 Å². The summed E-state index contributed by atoms with van der Waals surface area (Å²) in [6, 6.07) is 1.62. The first-order chi connectivity index (χ1) is 8.81. The van der Waals surface area contributed by atoms with E-state index in [1.54, 1.807) is 6.07 Å². The number of hydrogen-bond acceptors (Lipinski definition) is 2. The van der Waals surface area contributed by atoms with Gasteiger partial charge in [-0.3, -0.25) is 4.79 Å². The molecule has 0 bridgehead atoms. The Bertz CT molecular complexity index is 341. The molecule has 0 spiro atoms. The van der Waals surface area contributed by atoms with Gasteiger partial charge in [0.2, 0.25) is 5.91 Å². The van der Waals surface area contributed by atoms with Crippen molar-refractivity contribution >= 4 is 5.91 Å². The summed E-state index contributed by atoms with van der Waals surface area (Å²) in [5.41, 5.74) is 0. The van der Waals surface area contributed by atoms with Crippen molar-refractivity contribution in [3.63, 3.8) is 0 Å². The number of halogens is 3. The van der Waals surface area contributed by atoms with Crippen molar-refractivity contribution in [2.75, 3.05) is 13.1 Å². The molecule has 6 heteroatoms. The fraction of sp³-hybridized carbons (Fsp3) is 0.846. The van der Waals surface area contributed by atoms with Crippen LogP contribution in [0, 0.1) is 23.2 Å². The van der Waals surface area contributed by atoms with Crippen LogP contribution in [0.1, 0.15) is 39.0 Å². The normalized spacial score (nSPS) is 23.7. The maximum Gasteiger partial charge on any atom is 0.406 e. The van der Waals surface area contributed by atoms with Gasteiger partial charge >= 0.3 is 6.18 Å². The fourth-order valence-corrected chi connectivity index (χ4v) is 2.47. The van der Waals surface area contributed by atoms with Crippen LogP contribution in [-0.2, 0) is 4.79 Å². The van der Waals surface area contributed by atoms with E-state index in [0.29, 0.717) is 5.92 Å². The van der Waals surface area contributed by atoms with Crippen LogP contribution < -0.4 is 0 Å². The van der Waals surface area contributed by atoms with Gasteiger partial charge in [0.15, 0.2) is 0 Å². The highest BCUT2D eigenvalue weighted by atomic mass is 19.4. The number of carbonyl (C=O) groups excluding carboxylic acids is 1. The molecule has 0 aromatic heterocycles. The molecule has 0 saturated heterocycles. The molecule has 3 nitrogen and oxygen atoms in total. The molecule has 19 heavy (non-hydrogen) atoms. The number of nitriles is 1. The standard InChI is InChI=1S/C13H19F3N2O/c1-10-2-4-11(5-3-10)8-18(9-13(14,15)16)12(19)6-7-17/h10-11H,2-6,8-9H2,1H3/t10-,11-. The summed E-state index contributed by atoms with van der Waals surface area (Å²) < 4.78 is 37.3. The minimum absolute atomic E-state index is 0.118. The van der Waals surface area contributed by atoms with Gasteiger partial charge in [-0.2, -0.15) is 18.4 Å². The third-order valence-electron chi connectivity index (χ3n) is 3.57. The Balaban J connectivity index is 2.58. The predicted octanol–water partition coefficient (Wildman–Crippen LogP) is 3.12. The monoisotopic (exact) mass is 276 g/mol. The number of amides is 1. The Morgan fingerprint density at radius 2 is 1.89 bits per heavy atom. The molecule has 0 unspecified atom stereocenters. The smallest absolute Gasteiger partial charge is 0.332 e. The summed E-state index contributed by atoms with van der Waals surface area (Å²) in [6.07, 6.45) is -1.19. The molecule has 108 valence electrons. The van der Waals surface area contributed by atoms with Crippen molar-refractivity contribution in [1.29, 1.82) is 5.26 Å². The molecule has 0 aliphatic heterocycles. The van der Waals surface area contributed by atoms with Crippen LogP contribution in [0.3, 0.4) is 0 Å². The molecule has 0 heterocycles. The van der Waals surface area contributed by atoms with Gasteiger partial charge in [-0.25, -0.2) is 0 Å². The first kappa shape index (κ1) is 15.8. The van der Waals surface area contributed by atoms with Gasteiger partial charge < -0.3 is 4.90 Å². The third-order valence-corrected chi connectivity index (χ3v) is 3.57. The van der Waals surface area contributed by atoms with Crippen LogP contribution in [0.4, 0.5) is 13.2 Å². The minimum Gasteiger partial charge on any atom is -0.332 e. The van der Waals surface area contributed by atoms with Crippen LogP contribution in [0.5, 0.6) is 0 Å². The predicted molar refractivity (Wildman–Crippen MR) is 64.0 cm³/mol. The lowest BCUT2D eigenvalue weighted by Gasteiger charge is -2.31. The zero-order valence-corrected chi connectivity index (χ0v) is 11.0. The molecular formula is C13H19F3N2O. The highest BCUT2D eigenvalue weighted by Gasteiger charge is 2.34. The second kappa shape index (κ2) is 6.78. The lowest BCUT2D eigenvalue weighted by atomic mass is 9.83. The molecule has 0 aromatic rings. The SMILES string of the molecule is C[C@H]1CC[C@H](CN(CC(F)(F)F)C(=O)CC#N)CC1. The van der Waals surface area contributed by atoms with Crippen molar-refractivity contribution in [3.05, 3.63) is 0 Å². The molecule has 0 radical (unpaired) electrons. The average molecular weight is 276 g/mol. The largest absolute Gasteiger partial charge is 0.406 e. The molecule has 1 saturated carbocycles. The minimum atomic E-state index is -4.41. The maximum atomic E-state index is 12.4. The topological polar surface area (TPSA) is 44.1 Å². The van der Waals surface area contributed by atoms with E-state index in [1.165, 1.54) is 0 Å². The van der Waals surface area contributed by atoms with Gasteiger partial charge in [0.05, 0.1) is 6.07 Å². The molecular weight excluding hydrogens is 257 g/mol. The van der Waals surface area contributed by atoms with Crippen molar-refractivity contribution in [2.45, 2.75) is 45.2 Å². The van der Waals surface area contributed by atoms with E-state index < -0.39 is 25.0 Å². The third kappa shape index (κ3) is 5.95. The molecule has 1 fully saturated rings. The van der Waals surface area contributed by atoms with Gasteiger partial charge in [-0.1, -0.05) is 19.8 Å². The maximum absolute atomic E-state index is 12.4. The average Bonchev–Trinajstić information content (AvgIpc) is 2.30. The Hall–Kier alpha value is -1.25.